The van der Waals surface area contributed by atoms with Gasteiger partial charge in [0.05, 0.1) is 28.9 Å². The van der Waals surface area contributed by atoms with E-state index in [2.05, 4.69) is 20.3 Å². The van der Waals surface area contributed by atoms with Crippen LogP contribution in [0.3, 0.4) is 0 Å². The van der Waals surface area contributed by atoms with Gasteiger partial charge in [-0.3, -0.25) is 10.1 Å². The van der Waals surface area contributed by atoms with Crippen LogP contribution in [0.25, 0.3) is 33.7 Å². The molecule has 0 aliphatic rings. The molecule has 2 heterocycles. The number of nitrogens with zero attached hydrogens (tertiary/aromatic N) is 2. The summed E-state index contributed by atoms with van der Waals surface area (Å²) in [5.41, 5.74) is 4.35. The monoisotopic (exact) mass is 498 g/mol. The Morgan fingerprint density at radius 2 is 1.78 bits per heavy atom. The summed E-state index contributed by atoms with van der Waals surface area (Å²) in [5, 5.41) is 4.94. The number of nitrogens with one attached hydrogen (secondary N) is 2. The number of rotatable bonds is 8. The predicted octanol–water partition coefficient (Wildman–Crippen LogP) is 5.55. The van der Waals surface area contributed by atoms with Crippen molar-refractivity contribution in [2.45, 2.75) is 6.92 Å². The van der Waals surface area contributed by atoms with Gasteiger partial charge in [0.2, 0.25) is 0 Å². The van der Waals surface area contributed by atoms with Crippen molar-refractivity contribution in [3.63, 3.8) is 0 Å². The van der Waals surface area contributed by atoms with Crippen molar-refractivity contribution >= 4 is 39.4 Å². The lowest BCUT2D eigenvalue weighted by Gasteiger charge is -2.05. The molecule has 8 nitrogen and oxygen atoms in total. The molecule has 0 radical (unpaired) electrons. The molecule has 2 N–H and O–H groups in total. The minimum absolute atomic E-state index is 0.325. The minimum Gasteiger partial charge on any atom is -0.494 e. The van der Waals surface area contributed by atoms with Crippen LogP contribution in [-0.4, -0.2) is 40.0 Å². The normalized spacial score (nSPS) is 10.8. The molecule has 180 valence electrons. The van der Waals surface area contributed by atoms with Crippen LogP contribution >= 0.6 is 11.3 Å². The molecule has 5 rings (SSSR count). The van der Waals surface area contributed by atoms with Crippen molar-refractivity contribution in [3.05, 3.63) is 83.7 Å². The van der Waals surface area contributed by atoms with Gasteiger partial charge in [-0.1, -0.05) is 30.3 Å². The molecule has 3 aromatic carbocycles. The van der Waals surface area contributed by atoms with E-state index in [4.69, 9.17) is 9.47 Å². The van der Waals surface area contributed by atoms with E-state index >= 15 is 0 Å². The van der Waals surface area contributed by atoms with Gasteiger partial charge in [-0.25, -0.2) is 14.8 Å². The van der Waals surface area contributed by atoms with Crippen LogP contribution in [0.5, 0.6) is 5.75 Å². The first-order valence-electron chi connectivity index (χ1n) is 11.3. The topological polar surface area (TPSA) is 106 Å². The first-order chi connectivity index (χ1) is 17.6. The molecule has 0 bridgehead atoms. The van der Waals surface area contributed by atoms with Crippen molar-refractivity contribution in [1.29, 1.82) is 0 Å². The van der Waals surface area contributed by atoms with E-state index in [1.54, 1.807) is 18.2 Å². The van der Waals surface area contributed by atoms with Crippen molar-refractivity contribution in [2.24, 2.45) is 0 Å². The third-order valence-electron chi connectivity index (χ3n) is 5.31. The van der Waals surface area contributed by atoms with Crippen LogP contribution in [-0.2, 0) is 9.53 Å². The van der Waals surface area contributed by atoms with Crippen LogP contribution in [0.1, 0.15) is 17.3 Å². The van der Waals surface area contributed by atoms with Crippen molar-refractivity contribution in [1.82, 2.24) is 15.0 Å². The third-order valence-corrected chi connectivity index (χ3v) is 6.07. The minimum atomic E-state index is -0.600. The van der Waals surface area contributed by atoms with Gasteiger partial charge >= 0.3 is 5.97 Å². The fraction of sp³-hybridized carbons (Fsp3) is 0.111. The smallest absolute Gasteiger partial charge is 0.338 e. The number of H-pyrrole nitrogens is 1. The van der Waals surface area contributed by atoms with Gasteiger partial charge in [0.15, 0.2) is 11.7 Å². The number of hydrogen-bond acceptors (Lipinski definition) is 7. The summed E-state index contributed by atoms with van der Waals surface area (Å²) >= 11 is 1.29. The van der Waals surface area contributed by atoms with E-state index in [0.29, 0.717) is 28.6 Å². The second kappa shape index (κ2) is 10.4. The predicted molar refractivity (Wildman–Crippen MR) is 139 cm³/mol. The third kappa shape index (κ3) is 5.26. The SMILES string of the molecule is CCOc1ccc(-c2csc(NC(=O)COC(=O)c3ccc4nc(-c5ccccc5)[nH]c4c3)n2)cc1. The van der Waals surface area contributed by atoms with Crippen molar-refractivity contribution in [3.8, 4) is 28.4 Å². The number of carbonyl (C=O) groups excluding carboxylic acids is 2. The van der Waals surface area contributed by atoms with Crippen molar-refractivity contribution < 1.29 is 19.1 Å². The van der Waals surface area contributed by atoms with E-state index in [1.807, 2.05) is 66.9 Å². The Hall–Kier alpha value is -4.50. The Labute approximate surface area is 210 Å². The largest absolute Gasteiger partial charge is 0.494 e. The number of imidazole rings is 1. The van der Waals surface area contributed by atoms with Gasteiger partial charge in [-0.15, -0.1) is 11.3 Å². The van der Waals surface area contributed by atoms with Gasteiger partial charge in [-0.05, 0) is 49.4 Å². The van der Waals surface area contributed by atoms with Crippen LogP contribution in [0.15, 0.2) is 78.2 Å². The Balaban J connectivity index is 1.18. The number of anilines is 1. The van der Waals surface area contributed by atoms with Crippen LogP contribution < -0.4 is 10.1 Å². The van der Waals surface area contributed by atoms with E-state index < -0.39 is 18.5 Å². The highest BCUT2D eigenvalue weighted by molar-refractivity contribution is 7.14. The zero-order chi connectivity index (χ0) is 24.9. The van der Waals surface area contributed by atoms with Gasteiger partial charge in [0.1, 0.15) is 11.6 Å². The van der Waals surface area contributed by atoms with E-state index in [9.17, 15) is 9.59 Å². The summed E-state index contributed by atoms with van der Waals surface area (Å²) < 4.78 is 10.7. The van der Waals surface area contributed by atoms with Gasteiger partial charge < -0.3 is 14.5 Å². The number of ether oxygens (including phenoxy) is 2. The summed E-state index contributed by atoms with van der Waals surface area (Å²) in [4.78, 5) is 37.1. The highest BCUT2D eigenvalue weighted by Crippen LogP contribution is 2.26. The first kappa shape index (κ1) is 23.3. The molecular formula is C27H22N4O4S. The fourth-order valence-corrected chi connectivity index (χ4v) is 4.33. The van der Waals surface area contributed by atoms with E-state index in [1.165, 1.54) is 11.3 Å². The maximum absolute atomic E-state index is 12.5. The number of aromatic amines is 1. The summed E-state index contributed by atoms with van der Waals surface area (Å²) in [5.74, 6) is 0.431. The molecule has 5 aromatic rings. The average Bonchev–Trinajstić information content (AvgIpc) is 3.55. The molecule has 0 unspecified atom stereocenters. The molecule has 1 amide bonds. The number of carbonyl (C=O) groups is 2. The zero-order valence-corrected chi connectivity index (χ0v) is 20.2. The fourth-order valence-electron chi connectivity index (χ4n) is 3.59. The number of aromatic nitrogens is 3. The number of amides is 1. The molecule has 36 heavy (non-hydrogen) atoms. The second-order valence-electron chi connectivity index (χ2n) is 7.80. The number of fused-ring (bicyclic) bond motifs is 1. The van der Waals surface area contributed by atoms with E-state index in [-0.39, 0.29) is 0 Å². The lowest BCUT2D eigenvalue weighted by atomic mass is 10.2. The van der Waals surface area contributed by atoms with Crippen LogP contribution in [0.4, 0.5) is 5.13 Å². The molecule has 0 aliphatic heterocycles. The van der Waals surface area contributed by atoms with Crippen LogP contribution in [0.2, 0.25) is 0 Å². The molecule has 0 saturated carbocycles. The number of thiazole rings is 1. The summed E-state index contributed by atoms with van der Waals surface area (Å²) in [6.45, 7) is 2.11. The molecule has 0 saturated heterocycles. The Morgan fingerprint density at radius 1 is 0.972 bits per heavy atom. The number of esters is 1. The Bertz CT molecular complexity index is 1510. The molecule has 2 aromatic heterocycles. The Morgan fingerprint density at radius 3 is 2.56 bits per heavy atom. The summed E-state index contributed by atoms with van der Waals surface area (Å²) in [6, 6.07) is 22.3. The lowest BCUT2D eigenvalue weighted by molar-refractivity contribution is -0.119. The van der Waals surface area contributed by atoms with Gasteiger partial charge in [-0.2, -0.15) is 0 Å². The second-order valence-corrected chi connectivity index (χ2v) is 8.66. The number of benzene rings is 3. The zero-order valence-electron chi connectivity index (χ0n) is 19.4. The van der Waals surface area contributed by atoms with Gasteiger partial charge in [0, 0.05) is 16.5 Å². The average molecular weight is 499 g/mol. The molecule has 0 spiro atoms. The highest BCUT2D eigenvalue weighted by Gasteiger charge is 2.14. The lowest BCUT2D eigenvalue weighted by Crippen LogP contribution is -2.20. The quantitative estimate of drug-likeness (QED) is 0.272. The highest BCUT2D eigenvalue weighted by atomic mass is 32.1. The molecule has 9 heteroatoms. The van der Waals surface area contributed by atoms with Crippen LogP contribution in [0, 0.1) is 0 Å². The maximum Gasteiger partial charge on any atom is 0.338 e. The van der Waals surface area contributed by atoms with Gasteiger partial charge in [0.25, 0.3) is 5.91 Å². The Kier molecular flexibility index (Phi) is 6.72. The molecule has 0 fully saturated rings. The first-order valence-corrected chi connectivity index (χ1v) is 12.2. The number of hydrogen-bond donors (Lipinski definition) is 2. The van der Waals surface area contributed by atoms with E-state index in [0.717, 1.165) is 28.1 Å². The summed E-state index contributed by atoms with van der Waals surface area (Å²) in [6.07, 6.45) is 0. The molecular weight excluding hydrogens is 476 g/mol. The maximum atomic E-state index is 12.5. The molecule has 0 aliphatic carbocycles. The standard InChI is InChI=1S/C27H22N4O4S/c1-2-34-20-11-8-17(9-12-20)23-16-36-27(30-23)31-24(32)15-35-26(33)19-10-13-21-22(14-19)29-25(28-21)18-6-4-3-5-7-18/h3-14,16H,2,15H2,1H3,(H,28,29)(H,30,31,32). The summed E-state index contributed by atoms with van der Waals surface area (Å²) in [7, 11) is 0. The molecule has 0 atom stereocenters. The van der Waals surface area contributed by atoms with Crippen molar-refractivity contribution in [2.75, 3.05) is 18.5 Å².